The third kappa shape index (κ3) is 2.25. The minimum atomic E-state index is -0.641. The van der Waals surface area contributed by atoms with Crippen LogP contribution in [0.1, 0.15) is 0 Å². The Hall–Kier alpha value is -2.37. The van der Waals surface area contributed by atoms with Crippen molar-refractivity contribution in [1.82, 2.24) is 9.55 Å². The van der Waals surface area contributed by atoms with Gasteiger partial charge in [-0.2, -0.15) is 0 Å². The number of aryl methyl sites for hydroxylation is 1. The number of nitrogen functional groups attached to an aromatic ring is 1. The number of ether oxygens (including phenoxy) is 1. The van der Waals surface area contributed by atoms with Gasteiger partial charge in [-0.15, -0.1) is 0 Å². The highest BCUT2D eigenvalue weighted by molar-refractivity contribution is 5.43. The molecular formula is C11H10FN3O2. The molecule has 0 aliphatic carbocycles. The van der Waals surface area contributed by atoms with E-state index in [9.17, 15) is 9.18 Å². The molecule has 5 nitrogen and oxygen atoms in total. The third-order valence-corrected chi connectivity index (χ3v) is 2.15. The molecule has 2 N–H and O–H groups in total. The van der Waals surface area contributed by atoms with Gasteiger partial charge in [0.15, 0.2) is 11.6 Å². The second-order valence-corrected chi connectivity index (χ2v) is 3.44. The summed E-state index contributed by atoms with van der Waals surface area (Å²) in [5.41, 5.74) is 5.24. The quantitative estimate of drug-likeness (QED) is 0.796. The summed E-state index contributed by atoms with van der Waals surface area (Å²) in [4.78, 5) is 15.3. The molecule has 6 heteroatoms. The molecule has 0 bridgehead atoms. The number of nitrogens with zero attached hydrogens (tertiary/aromatic N) is 2. The summed E-state index contributed by atoms with van der Waals surface area (Å²) in [6, 6.07) is 3.94. The van der Waals surface area contributed by atoms with Gasteiger partial charge in [0.2, 0.25) is 0 Å². The van der Waals surface area contributed by atoms with Crippen molar-refractivity contribution < 1.29 is 9.13 Å². The Morgan fingerprint density at radius 2 is 2.24 bits per heavy atom. The molecule has 1 aromatic heterocycles. The van der Waals surface area contributed by atoms with Gasteiger partial charge in [0.1, 0.15) is 0 Å². The summed E-state index contributed by atoms with van der Waals surface area (Å²) in [7, 11) is 1.55. The van der Waals surface area contributed by atoms with Crippen molar-refractivity contribution in [2.75, 3.05) is 5.73 Å². The average Bonchev–Trinajstić information content (AvgIpc) is 2.28. The van der Waals surface area contributed by atoms with E-state index in [1.807, 2.05) is 0 Å². The van der Waals surface area contributed by atoms with Gasteiger partial charge in [-0.25, -0.2) is 9.37 Å². The molecule has 1 heterocycles. The topological polar surface area (TPSA) is 70.1 Å². The second kappa shape index (κ2) is 4.25. The predicted molar refractivity (Wildman–Crippen MR) is 60.4 cm³/mol. The van der Waals surface area contributed by atoms with Crippen molar-refractivity contribution in [3.05, 3.63) is 46.8 Å². The van der Waals surface area contributed by atoms with E-state index in [0.29, 0.717) is 0 Å². The van der Waals surface area contributed by atoms with Crippen molar-refractivity contribution in [2.45, 2.75) is 0 Å². The summed E-state index contributed by atoms with van der Waals surface area (Å²) in [5.74, 6) is -0.911. The maximum absolute atomic E-state index is 13.4. The van der Waals surface area contributed by atoms with Crippen LogP contribution in [0.3, 0.4) is 0 Å². The first kappa shape index (κ1) is 11.1. The number of halogens is 1. The molecule has 0 radical (unpaired) electrons. The fourth-order valence-corrected chi connectivity index (χ4v) is 1.25. The molecule has 17 heavy (non-hydrogen) atoms. The summed E-state index contributed by atoms with van der Waals surface area (Å²) < 4.78 is 19.8. The van der Waals surface area contributed by atoms with Crippen LogP contribution in [-0.2, 0) is 7.05 Å². The van der Waals surface area contributed by atoms with Crippen molar-refractivity contribution in [3.63, 3.8) is 0 Å². The summed E-state index contributed by atoms with van der Waals surface area (Å²) in [6.45, 7) is 0. The van der Waals surface area contributed by atoms with Crippen LogP contribution in [0.5, 0.6) is 11.6 Å². The highest BCUT2D eigenvalue weighted by Crippen LogP contribution is 2.22. The van der Waals surface area contributed by atoms with Gasteiger partial charge in [-0.05, 0) is 12.1 Å². The van der Waals surface area contributed by atoms with Gasteiger partial charge >= 0.3 is 5.56 Å². The minimum Gasteiger partial charge on any atom is -0.431 e. The maximum atomic E-state index is 13.4. The fraction of sp³-hybridized carbons (Fsp3) is 0.0909. The average molecular weight is 235 g/mol. The SMILES string of the molecule is Cn1ccnc(Oc2ccc(N)cc2F)c1=O. The highest BCUT2D eigenvalue weighted by Gasteiger charge is 2.09. The van der Waals surface area contributed by atoms with Crippen molar-refractivity contribution >= 4 is 5.69 Å². The zero-order valence-corrected chi connectivity index (χ0v) is 9.05. The number of hydrogen-bond donors (Lipinski definition) is 1. The highest BCUT2D eigenvalue weighted by atomic mass is 19.1. The van der Waals surface area contributed by atoms with Crippen LogP contribution in [0.2, 0.25) is 0 Å². The lowest BCUT2D eigenvalue weighted by Gasteiger charge is -2.06. The third-order valence-electron chi connectivity index (χ3n) is 2.15. The Labute approximate surface area is 96.3 Å². The molecule has 0 spiro atoms. The van der Waals surface area contributed by atoms with Crippen molar-refractivity contribution in [3.8, 4) is 11.6 Å². The van der Waals surface area contributed by atoms with E-state index in [1.54, 1.807) is 7.05 Å². The molecule has 0 aliphatic rings. The van der Waals surface area contributed by atoms with Crippen LogP contribution >= 0.6 is 0 Å². The second-order valence-electron chi connectivity index (χ2n) is 3.44. The van der Waals surface area contributed by atoms with Gasteiger partial charge in [0.05, 0.1) is 0 Å². The molecule has 2 rings (SSSR count). The number of nitrogens with two attached hydrogens (primary N) is 1. The lowest BCUT2D eigenvalue weighted by atomic mass is 10.3. The Morgan fingerprint density at radius 1 is 1.47 bits per heavy atom. The van der Waals surface area contributed by atoms with E-state index in [1.165, 1.54) is 29.1 Å². The van der Waals surface area contributed by atoms with Crippen LogP contribution in [0.25, 0.3) is 0 Å². The van der Waals surface area contributed by atoms with Gasteiger partial charge in [0, 0.05) is 31.2 Å². The number of anilines is 1. The molecule has 88 valence electrons. The molecular weight excluding hydrogens is 225 g/mol. The van der Waals surface area contributed by atoms with E-state index in [4.69, 9.17) is 10.5 Å². The number of aromatic nitrogens is 2. The van der Waals surface area contributed by atoms with Crippen LogP contribution in [0.4, 0.5) is 10.1 Å². The van der Waals surface area contributed by atoms with E-state index in [0.717, 1.165) is 6.07 Å². The molecule has 0 saturated carbocycles. The first-order chi connectivity index (χ1) is 8.08. The van der Waals surface area contributed by atoms with Gasteiger partial charge < -0.3 is 15.0 Å². The zero-order valence-electron chi connectivity index (χ0n) is 9.05. The molecule has 0 amide bonds. The van der Waals surface area contributed by atoms with Crippen LogP contribution in [0, 0.1) is 5.82 Å². The lowest BCUT2D eigenvalue weighted by Crippen LogP contribution is -2.18. The van der Waals surface area contributed by atoms with Gasteiger partial charge in [-0.3, -0.25) is 4.79 Å². The van der Waals surface area contributed by atoms with Crippen LogP contribution in [0.15, 0.2) is 35.4 Å². The van der Waals surface area contributed by atoms with E-state index in [-0.39, 0.29) is 17.3 Å². The van der Waals surface area contributed by atoms with Crippen molar-refractivity contribution in [2.24, 2.45) is 7.05 Å². The molecule has 0 unspecified atom stereocenters. The smallest absolute Gasteiger partial charge is 0.313 e. The molecule has 0 saturated heterocycles. The summed E-state index contributed by atoms with van der Waals surface area (Å²) in [6.07, 6.45) is 2.88. The Bertz CT molecular complexity index is 610. The Morgan fingerprint density at radius 3 is 2.94 bits per heavy atom. The molecule has 0 atom stereocenters. The summed E-state index contributed by atoms with van der Waals surface area (Å²) >= 11 is 0. The molecule has 2 aromatic rings. The summed E-state index contributed by atoms with van der Waals surface area (Å²) in [5, 5.41) is 0. The molecule has 1 aromatic carbocycles. The number of benzene rings is 1. The first-order valence-corrected chi connectivity index (χ1v) is 4.82. The van der Waals surface area contributed by atoms with Crippen LogP contribution in [-0.4, -0.2) is 9.55 Å². The number of hydrogen-bond acceptors (Lipinski definition) is 4. The fourth-order valence-electron chi connectivity index (χ4n) is 1.25. The van der Waals surface area contributed by atoms with Gasteiger partial charge in [-0.1, -0.05) is 0 Å². The molecule has 0 fully saturated rings. The maximum Gasteiger partial charge on any atom is 0.313 e. The Balaban J connectivity index is 2.38. The van der Waals surface area contributed by atoms with Crippen LogP contribution < -0.4 is 16.0 Å². The lowest BCUT2D eigenvalue weighted by molar-refractivity contribution is 0.417. The monoisotopic (exact) mass is 235 g/mol. The largest absolute Gasteiger partial charge is 0.431 e. The Kier molecular flexibility index (Phi) is 2.78. The van der Waals surface area contributed by atoms with Gasteiger partial charge in [0.25, 0.3) is 5.88 Å². The normalized spacial score (nSPS) is 10.2. The van der Waals surface area contributed by atoms with Crippen molar-refractivity contribution in [1.29, 1.82) is 0 Å². The number of rotatable bonds is 2. The standard InChI is InChI=1S/C11H10FN3O2/c1-15-5-4-14-10(11(15)16)17-9-3-2-7(13)6-8(9)12/h2-6H,13H2,1H3. The predicted octanol–water partition coefficient (Wildman–Crippen LogP) is 1.29. The van der Waals surface area contributed by atoms with E-state index >= 15 is 0 Å². The zero-order chi connectivity index (χ0) is 12.4. The van der Waals surface area contributed by atoms with E-state index < -0.39 is 11.4 Å². The first-order valence-electron chi connectivity index (χ1n) is 4.82. The van der Waals surface area contributed by atoms with E-state index in [2.05, 4.69) is 4.98 Å². The molecule has 0 aliphatic heterocycles. The minimum absolute atomic E-state index is 0.0880.